The summed E-state index contributed by atoms with van der Waals surface area (Å²) < 4.78 is 0.307. The van der Waals surface area contributed by atoms with Gasteiger partial charge in [-0.2, -0.15) is 0 Å². The fourth-order valence-corrected chi connectivity index (χ4v) is 2.07. The number of hydrogen-bond acceptors (Lipinski definition) is 2. The first-order chi connectivity index (χ1) is 7.88. The summed E-state index contributed by atoms with van der Waals surface area (Å²) in [5, 5.41) is 11.5. The SMILES string of the molecule is CC[C@H](NC(=O)c1[nH]c(Cl)c(Cl)c1Br)C(=O)O. The molecule has 1 aromatic heterocycles. The molecule has 0 saturated heterocycles. The summed E-state index contributed by atoms with van der Waals surface area (Å²) in [6.45, 7) is 1.66. The molecule has 17 heavy (non-hydrogen) atoms. The second kappa shape index (κ2) is 5.75. The van der Waals surface area contributed by atoms with Gasteiger partial charge in [0.15, 0.2) is 0 Å². The van der Waals surface area contributed by atoms with Gasteiger partial charge in [0.1, 0.15) is 16.9 Å². The van der Waals surface area contributed by atoms with Gasteiger partial charge in [-0.1, -0.05) is 30.1 Å². The second-order valence-corrected chi connectivity index (χ2v) is 4.76. The lowest BCUT2D eigenvalue weighted by molar-refractivity contribution is -0.139. The van der Waals surface area contributed by atoms with Gasteiger partial charge in [0.25, 0.3) is 5.91 Å². The van der Waals surface area contributed by atoms with Crippen LogP contribution in [-0.4, -0.2) is 28.0 Å². The Morgan fingerprint density at radius 2 is 2.12 bits per heavy atom. The van der Waals surface area contributed by atoms with Crippen LogP contribution < -0.4 is 5.32 Å². The molecule has 94 valence electrons. The van der Waals surface area contributed by atoms with Gasteiger partial charge in [0.05, 0.1) is 9.50 Å². The van der Waals surface area contributed by atoms with Crippen LogP contribution in [0, 0.1) is 0 Å². The maximum absolute atomic E-state index is 11.8. The average molecular weight is 344 g/mol. The Morgan fingerprint density at radius 1 is 1.53 bits per heavy atom. The standard InChI is InChI=1S/C9H9BrCl2N2O3/c1-2-3(9(16)17)13-8(15)6-4(10)5(11)7(12)14-6/h3,14H,2H2,1H3,(H,13,15)(H,16,17)/t3-/m0/s1. The minimum absolute atomic E-state index is 0.0969. The Labute approximate surface area is 116 Å². The number of aliphatic carboxylic acids is 1. The van der Waals surface area contributed by atoms with Crippen LogP contribution in [0.1, 0.15) is 23.8 Å². The number of carbonyl (C=O) groups is 2. The normalized spacial score (nSPS) is 12.2. The number of halogens is 3. The number of aromatic nitrogens is 1. The predicted molar refractivity (Wildman–Crippen MR) is 67.7 cm³/mol. The van der Waals surface area contributed by atoms with E-state index in [0.717, 1.165) is 0 Å². The van der Waals surface area contributed by atoms with Crippen LogP contribution in [-0.2, 0) is 4.79 Å². The van der Waals surface area contributed by atoms with E-state index in [4.69, 9.17) is 28.3 Å². The molecule has 5 nitrogen and oxygen atoms in total. The largest absolute Gasteiger partial charge is 0.480 e. The van der Waals surface area contributed by atoms with Gasteiger partial charge in [0, 0.05) is 0 Å². The molecule has 0 spiro atoms. The van der Waals surface area contributed by atoms with Gasteiger partial charge in [-0.25, -0.2) is 4.79 Å². The molecule has 0 bridgehead atoms. The molecule has 0 radical (unpaired) electrons. The van der Waals surface area contributed by atoms with E-state index in [1.54, 1.807) is 6.92 Å². The minimum atomic E-state index is -1.10. The molecule has 3 N–H and O–H groups in total. The van der Waals surface area contributed by atoms with Gasteiger partial charge < -0.3 is 15.4 Å². The zero-order chi connectivity index (χ0) is 13.2. The highest BCUT2D eigenvalue weighted by molar-refractivity contribution is 9.10. The van der Waals surface area contributed by atoms with Crippen molar-refractivity contribution in [3.63, 3.8) is 0 Å². The first kappa shape index (κ1) is 14.3. The molecule has 0 aromatic carbocycles. The molecule has 0 unspecified atom stereocenters. The van der Waals surface area contributed by atoms with Crippen molar-refractivity contribution in [2.24, 2.45) is 0 Å². The summed E-state index contributed by atoms with van der Waals surface area (Å²) >= 11 is 14.6. The topological polar surface area (TPSA) is 82.2 Å². The van der Waals surface area contributed by atoms with E-state index < -0.39 is 17.9 Å². The molecule has 1 atom stereocenters. The Balaban J connectivity index is 2.90. The Kier molecular flexibility index (Phi) is 4.85. The zero-order valence-electron chi connectivity index (χ0n) is 8.68. The first-order valence-electron chi connectivity index (χ1n) is 4.64. The molecule has 1 amide bonds. The van der Waals surface area contributed by atoms with E-state index in [-0.39, 0.29) is 22.3 Å². The maximum atomic E-state index is 11.8. The van der Waals surface area contributed by atoms with Crippen LogP contribution in [0.25, 0.3) is 0 Å². The molecule has 1 rings (SSSR count). The Hall–Kier alpha value is -0.720. The van der Waals surface area contributed by atoms with Crippen molar-refractivity contribution in [1.82, 2.24) is 10.3 Å². The molecule has 0 saturated carbocycles. The highest BCUT2D eigenvalue weighted by atomic mass is 79.9. The highest BCUT2D eigenvalue weighted by Gasteiger charge is 2.23. The summed E-state index contributed by atoms with van der Waals surface area (Å²) in [6.07, 6.45) is 0.279. The van der Waals surface area contributed by atoms with Crippen LogP contribution in [0.5, 0.6) is 0 Å². The van der Waals surface area contributed by atoms with Gasteiger partial charge in [0.2, 0.25) is 0 Å². The molecule has 0 aliphatic carbocycles. The van der Waals surface area contributed by atoms with E-state index in [2.05, 4.69) is 26.2 Å². The van der Waals surface area contributed by atoms with E-state index in [9.17, 15) is 9.59 Å². The van der Waals surface area contributed by atoms with Crippen molar-refractivity contribution in [2.75, 3.05) is 0 Å². The van der Waals surface area contributed by atoms with Crippen LogP contribution in [0.4, 0.5) is 0 Å². The fraction of sp³-hybridized carbons (Fsp3) is 0.333. The molecule has 1 heterocycles. The van der Waals surface area contributed by atoms with Gasteiger partial charge >= 0.3 is 5.97 Å². The number of hydrogen-bond donors (Lipinski definition) is 3. The molecule has 0 aliphatic rings. The summed E-state index contributed by atoms with van der Waals surface area (Å²) in [6, 6.07) is -0.949. The van der Waals surface area contributed by atoms with Crippen LogP contribution in [0.2, 0.25) is 10.2 Å². The van der Waals surface area contributed by atoms with E-state index in [1.165, 1.54) is 0 Å². The number of nitrogens with one attached hydrogen (secondary N) is 2. The molecule has 0 fully saturated rings. The summed E-state index contributed by atoms with van der Waals surface area (Å²) in [5.41, 5.74) is 0.0969. The number of carbonyl (C=O) groups excluding carboxylic acids is 1. The molecule has 1 aromatic rings. The van der Waals surface area contributed by atoms with E-state index in [0.29, 0.717) is 4.47 Å². The number of carboxylic acid groups (broad SMARTS) is 1. The Morgan fingerprint density at radius 3 is 2.47 bits per heavy atom. The van der Waals surface area contributed by atoms with E-state index >= 15 is 0 Å². The monoisotopic (exact) mass is 342 g/mol. The Bertz CT molecular complexity index is 461. The molecular weight excluding hydrogens is 335 g/mol. The third-order valence-electron chi connectivity index (χ3n) is 2.08. The van der Waals surface area contributed by atoms with Gasteiger partial charge in [-0.3, -0.25) is 4.79 Å². The summed E-state index contributed by atoms with van der Waals surface area (Å²) in [7, 11) is 0. The smallest absolute Gasteiger partial charge is 0.326 e. The highest BCUT2D eigenvalue weighted by Crippen LogP contribution is 2.33. The number of H-pyrrole nitrogens is 1. The van der Waals surface area contributed by atoms with Crippen molar-refractivity contribution >= 4 is 51.0 Å². The first-order valence-corrected chi connectivity index (χ1v) is 6.19. The van der Waals surface area contributed by atoms with Crippen molar-refractivity contribution in [3.8, 4) is 0 Å². The number of aromatic amines is 1. The van der Waals surface area contributed by atoms with Crippen molar-refractivity contribution < 1.29 is 14.7 Å². The lowest BCUT2D eigenvalue weighted by Gasteiger charge is -2.11. The van der Waals surface area contributed by atoms with Crippen LogP contribution in [0.3, 0.4) is 0 Å². The quantitative estimate of drug-likeness (QED) is 0.786. The summed E-state index contributed by atoms with van der Waals surface area (Å²) in [5.74, 6) is -1.68. The van der Waals surface area contributed by atoms with Crippen molar-refractivity contribution in [1.29, 1.82) is 0 Å². The van der Waals surface area contributed by atoms with Gasteiger partial charge in [-0.05, 0) is 22.4 Å². The van der Waals surface area contributed by atoms with Crippen molar-refractivity contribution in [2.45, 2.75) is 19.4 Å². The molecule has 8 heteroatoms. The number of carboxylic acids is 1. The molecular formula is C9H9BrCl2N2O3. The lowest BCUT2D eigenvalue weighted by atomic mass is 10.2. The third-order valence-corrected chi connectivity index (χ3v) is 3.86. The van der Waals surface area contributed by atoms with Crippen LogP contribution in [0.15, 0.2) is 4.47 Å². The predicted octanol–water partition coefficient (Wildman–Crippen LogP) is 2.68. The molecule has 0 aliphatic heterocycles. The number of rotatable bonds is 4. The average Bonchev–Trinajstić information content (AvgIpc) is 2.53. The van der Waals surface area contributed by atoms with E-state index in [1.807, 2.05) is 0 Å². The zero-order valence-corrected chi connectivity index (χ0v) is 11.8. The van der Waals surface area contributed by atoms with Crippen LogP contribution >= 0.6 is 39.1 Å². The van der Waals surface area contributed by atoms with Crippen molar-refractivity contribution in [3.05, 3.63) is 20.3 Å². The minimum Gasteiger partial charge on any atom is -0.480 e. The summed E-state index contributed by atoms with van der Waals surface area (Å²) in [4.78, 5) is 25.1. The maximum Gasteiger partial charge on any atom is 0.326 e. The van der Waals surface area contributed by atoms with Gasteiger partial charge in [-0.15, -0.1) is 0 Å². The number of amides is 1. The lowest BCUT2D eigenvalue weighted by Crippen LogP contribution is -2.40. The second-order valence-electron chi connectivity index (χ2n) is 3.21. The fourth-order valence-electron chi connectivity index (χ4n) is 1.15. The third kappa shape index (κ3) is 3.14.